The largest absolute Gasteiger partial charge is 0.298 e. The minimum absolute atomic E-state index is 0.373. The summed E-state index contributed by atoms with van der Waals surface area (Å²) >= 11 is 24.0. The molecule has 0 aliphatic heterocycles. The van der Waals surface area contributed by atoms with Gasteiger partial charge in [0.15, 0.2) is 6.29 Å². The maximum Gasteiger partial charge on any atom is 0.150 e. The predicted octanol–water partition coefficient (Wildman–Crippen LogP) is 5.78. The molecule has 1 nitrogen and oxygen atoms in total. The zero-order valence-electron chi connectivity index (χ0n) is 8.88. The third-order valence-corrected chi connectivity index (χ3v) is 3.47. The molecule has 0 saturated carbocycles. The number of benzene rings is 2. The highest BCUT2D eigenvalue weighted by Crippen LogP contribution is 2.39. The number of rotatable bonds is 2. The molecule has 0 amide bonds. The summed E-state index contributed by atoms with van der Waals surface area (Å²) in [5.41, 5.74) is 1.60. The first kappa shape index (κ1) is 13.7. The molecule has 2 rings (SSSR count). The van der Waals surface area contributed by atoms with E-state index in [1.807, 2.05) is 0 Å². The van der Waals surface area contributed by atoms with Crippen LogP contribution in [0.25, 0.3) is 11.1 Å². The number of hydrogen-bond donors (Lipinski definition) is 0. The number of hydrogen-bond acceptors (Lipinski definition) is 1. The number of carbonyl (C=O) groups is 1. The lowest BCUT2D eigenvalue weighted by atomic mass is 10.0. The zero-order valence-corrected chi connectivity index (χ0v) is 11.9. The maximum atomic E-state index is 11.0. The Morgan fingerprint density at radius 2 is 1.44 bits per heavy atom. The van der Waals surface area contributed by atoms with E-state index in [1.54, 1.807) is 30.3 Å². The van der Waals surface area contributed by atoms with E-state index in [0.29, 0.717) is 36.8 Å². The fourth-order valence-electron chi connectivity index (χ4n) is 1.65. The quantitative estimate of drug-likeness (QED) is 0.641. The van der Waals surface area contributed by atoms with Crippen molar-refractivity contribution in [3.63, 3.8) is 0 Å². The molecule has 0 saturated heterocycles. The summed E-state index contributed by atoms with van der Waals surface area (Å²) in [7, 11) is 0. The van der Waals surface area contributed by atoms with Crippen LogP contribution in [0.15, 0.2) is 30.3 Å². The molecule has 5 heteroatoms. The smallest absolute Gasteiger partial charge is 0.150 e. The lowest BCUT2D eigenvalue weighted by Crippen LogP contribution is -1.90. The van der Waals surface area contributed by atoms with Crippen LogP contribution >= 0.6 is 46.4 Å². The first-order chi connectivity index (χ1) is 8.52. The summed E-state index contributed by atoms with van der Waals surface area (Å²) in [6.45, 7) is 0. The van der Waals surface area contributed by atoms with Crippen molar-refractivity contribution in [3.8, 4) is 11.1 Å². The van der Waals surface area contributed by atoms with Gasteiger partial charge in [0.25, 0.3) is 0 Å². The monoisotopic (exact) mass is 318 g/mol. The van der Waals surface area contributed by atoms with E-state index >= 15 is 0 Å². The van der Waals surface area contributed by atoms with Gasteiger partial charge in [0.05, 0.1) is 10.0 Å². The molecule has 0 bridgehead atoms. The molecule has 0 fully saturated rings. The van der Waals surface area contributed by atoms with Gasteiger partial charge in [-0.05, 0) is 35.9 Å². The molecule has 18 heavy (non-hydrogen) atoms. The van der Waals surface area contributed by atoms with Crippen molar-refractivity contribution in [3.05, 3.63) is 56.0 Å². The second kappa shape index (κ2) is 5.50. The molecule has 0 radical (unpaired) electrons. The van der Waals surface area contributed by atoms with Gasteiger partial charge in [-0.15, -0.1) is 0 Å². The summed E-state index contributed by atoms with van der Waals surface area (Å²) < 4.78 is 0. The Morgan fingerprint density at radius 3 is 2.00 bits per heavy atom. The molecule has 0 unspecified atom stereocenters. The van der Waals surface area contributed by atoms with Crippen molar-refractivity contribution >= 4 is 52.7 Å². The van der Waals surface area contributed by atoms with Crippen LogP contribution in [0.5, 0.6) is 0 Å². The normalized spacial score (nSPS) is 10.4. The molecular weight excluding hydrogens is 314 g/mol. The highest BCUT2D eigenvalue weighted by Gasteiger charge is 2.14. The van der Waals surface area contributed by atoms with Crippen LogP contribution < -0.4 is 0 Å². The minimum atomic E-state index is 0.373. The summed E-state index contributed by atoms with van der Waals surface area (Å²) in [4.78, 5) is 11.0. The van der Waals surface area contributed by atoms with Gasteiger partial charge in [0.1, 0.15) is 0 Å². The van der Waals surface area contributed by atoms with Crippen molar-refractivity contribution < 1.29 is 4.79 Å². The lowest BCUT2D eigenvalue weighted by Gasteiger charge is -2.10. The second-order valence-corrected chi connectivity index (χ2v) is 5.28. The number of carbonyl (C=O) groups excluding carboxylic acids is 1. The first-order valence-corrected chi connectivity index (χ1v) is 6.43. The van der Waals surface area contributed by atoms with Crippen LogP contribution in [0.4, 0.5) is 0 Å². The third-order valence-electron chi connectivity index (χ3n) is 2.42. The van der Waals surface area contributed by atoms with Crippen molar-refractivity contribution in [2.24, 2.45) is 0 Å². The fraction of sp³-hybridized carbons (Fsp3) is 0. The standard InChI is InChI=1S/C13H6Cl4O/c14-8-2-1-7(6-18)10(3-8)13-11(16)4-9(15)5-12(13)17/h1-6H. The van der Waals surface area contributed by atoms with Crippen molar-refractivity contribution in [2.45, 2.75) is 0 Å². The number of halogens is 4. The predicted molar refractivity (Wildman–Crippen MR) is 77.3 cm³/mol. The van der Waals surface area contributed by atoms with Crippen LogP contribution in [0.1, 0.15) is 10.4 Å². The van der Waals surface area contributed by atoms with Gasteiger partial charge in [0, 0.05) is 21.2 Å². The summed E-state index contributed by atoms with van der Waals surface area (Å²) in [5.74, 6) is 0. The Morgan fingerprint density at radius 1 is 0.833 bits per heavy atom. The maximum absolute atomic E-state index is 11.0. The Kier molecular flexibility index (Phi) is 4.18. The van der Waals surface area contributed by atoms with Crippen molar-refractivity contribution in [2.75, 3.05) is 0 Å². The van der Waals surface area contributed by atoms with Crippen LogP contribution in [0.2, 0.25) is 20.1 Å². The van der Waals surface area contributed by atoms with Crippen molar-refractivity contribution in [1.82, 2.24) is 0 Å². The zero-order chi connectivity index (χ0) is 13.3. The Bertz CT molecular complexity index is 599. The number of aldehydes is 1. The summed E-state index contributed by atoms with van der Waals surface area (Å²) in [6.07, 6.45) is 0.729. The topological polar surface area (TPSA) is 17.1 Å². The Balaban J connectivity index is 2.76. The molecule has 0 aromatic heterocycles. The molecule has 0 aliphatic rings. The molecule has 0 heterocycles. The molecular formula is C13H6Cl4O. The van der Waals surface area contributed by atoms with Crippen molar-refractivity contribution in [1.29, 1.82) is 0 Å². The van der Waals surface area contributed by atoms with E-state index in [1.165, 1.54) is 0 Å². The minimum Gasteiger partial charge on any atom is -0.298 e. The van der Waals surface area contributed by atoms with E-state index < -0.39 is 0 Å². The average Bonchev–Trinajstić information content (AvgIpc) is 2.28. The van der Waals surface area contributed by atoms with Gasteiger partial charge >= 0.3 is 0 Å². The first-order valence-electron chi connectivity index (χ1n) is 4.92. The molecule has 2 aromatic rings. The van der Waals surface area contributed by atoms with Crippen LogP contribution in [0, 0.1) is 0 Å². The van der Waals surface area contributed by atoms with Gasteiger partial charge in [0.2, 0.25) is 0 Å². The average molecular weight is 320 g/mol. The van der Waals surface area contributed by atoms with E-state index in [2.05, 4.69) is 0 Å². The summed E-state index contributed by atoms with van der Waals surface area (Å²) in [6, 6.07) is 8.03. The van der Waals surface area contributed by atoms with Crippen LogP contribution in [-0.2, 0) is 0 Å². The van der Waals surface area contributed by atoms with Gasteiger partial charge in [-0.3, -0.25) is 4.79 Å². The fourth-order valence-corrected chi connectivity index (χ4v) is 2.84. The van der Waals surface area contributed by atoms with Gasteiger partial charge < -0.3 is 0 Å². The van der Waals surface area contributed by atoms with E-state index in [-0.39, 0.29) is 0 Å². The molecule has 0 spiro atoms. The molecule has 0 atom stereocenters. The lowest BCUT2D eigenvalue weighted by molar-refractivity contribution is 0.112. The molecule has 0 N–H and O–H groups in total. The SMILES string of the molecule is O=Cc1ccc(Cl)cc1-c1c(Cl)cc(Cl)cc1Cl. The highest BCUT2D eigenvalue weighted by atomic mass is 35.5. The van der Waals surface area contributed by atoms with E-state index in [4.69, 9.17) is 46.4 Å². The van der Waals surface area contributed by atoms with E-state index in [0.717, 1.165) is 6.29 Å². The van der Waals surface area contributed by atoms with E-state index in [9.17, 15) is 4.79 Å². The van der Waals surface area contributed by atoms with Crippen LogP contribution in [0.3, 0.4) is 0 Å². The van der Waals surface area contributed by atoms with Gasteiger partial charge in [-0.25, -0.2) is 0 Å². The van der Waals surface area contributed by atoms with Crippen LogP contribution in [-0.4, -0.2) is 6.29 Å². The summed E-state index contributed by atoms with van der Waals surface area (Å²) in [5, 5.41) is 1.68. The molecule has 2 aromatic carbocycles. The second-order valence-electron chi connectivity index (χ2n) is 3.59. The Labute approximate surface area is 124 Å². The molecule has 0 aliphatic carbocycles. The van der Waals surface area contributed by atoms with Gasteiger partial charge in [-0.2, -0.15) is 0 Å². The third kappa shape index (κ3) is 2.65. The highest BCUT2D eigenvalue weighted by molar-refractivity contribution is 6.42. The molecule has 92 valence electrons. The Hall–Kier alpha value is -0.730. The van der Waals surface area contributed by atoms with Gasteiger partial charge in [-0.1, -0.05) is 46.4 Å².